The van der Waals surface area contributed by atoms with Gasteiger partial charge in [-0.2, -0.15) is 0 Å². The summed E-state index contributed by atoms with van der Waals surface area (Å²) in [6.45, 7) is 0. The van der Waals surface area contributed by atoms with E-state index in [1.165, 1.54) is 0 Å². The molecule has 0 aliphatic rings. The zero-order chi connectivity index (χ0) is 8.15. The summed E-state index contributed by atoms with van der Waals surface area (Å²) >= 11 is 0. The number of aliphatic hydroxyl groups is 3. The lowest BCUT2D eigenvalue weighted by atomic mass is 10.2. The first kappa shape index (κ1) is 9.35. The molecule has 0 aliphatic heterocycles. The molecule has 10 heavy (non-hydrogen) atoms. The topological polar surface area (TPSA) is 98.0 Å². The van der Waals surface area contributed by atoms with Gasteiger partial charge in [-0.05, 0) is 0 Å². The van der Waals surface area contributed by atoms with Gasteiger partial charge in [0.05, 0.1) is 12.5 Å². The number of carboxylic acid groups (broad SMARTS) is 1. The van der Waals surface area contributed by atoms with Gasteiger partial charge in [0.15, 0.2) is 6.29 Å². The van der Waals surface area contributed by atoms with E-state index in [0.29, 0.717) is 0 Å². The standard InChI is InChI=1S/C5H10O5/c6-3(1-4(7)8)2-5(9)10/h3-4,6-8H,1-2H2,(H,9,10). The third-order valence-electron chi connectivity index (χ3n) is 0.893. The second-order valence-electron chi connectivity index (χ2n) is 1.97. The number of hydrogen-bond acceptors (Lipinski definition) is 4. The van der Waals surface area contributed by atoms with Gasteiger partial charge in [-0.3, -0.25) is 4.79 Å². The lowest BCUT2D eigenvalue weighted by molar-refractivity contribution is -0.140. The Bertz CT molecular complexity index is 111. The van der Waals surface area contributed by atoms with Crippen LogP contribution < -0.4 is 0 Å². The van der Waals surface area contributed by atoms with Crippen molar-refractivity contribution in [2.45, 2.75) is 25.2 Å². The van der Waals surface area contributed by atoms with Crippen molar-refractivity contribution in [3.8, 4) is 0 Å². The normalized spacial score (nSPS) is 13.6. The van der Waals surface area contributed by atoms with Crippen molar-refractivity contribution in [1.82, 2.24) is 0 Å². The van der Waals surface area contributed by atoms with Gasteiger partial charge in [-0.25, -0.2) is 0 Å². The SMILES string of the molecule is O=C(O)CC(O)CC(O)O. The molecule has 0 bridgehead atoms. The maximum Gasteiger partial charge on any atom is 0.305 e. The van der Waals surface area contributed by atoms with E-state index in [2.05, 4.69) is 0 Å². The Kier molecular flexibility index (Phi) is 3.94. The quantitative estimate of drug-likeness (QED) is 0.366. The molecule has 0 radical (unpaired) electrons. The molecule has 0 spiro atoms. The molecule has 0 aromatic heterocycles. The number of carbonyl (C=O) groups is 1. The molecule has 5 nitrogen and oxygen atoms in total. The third kappa shape index (κ3) is 5.49. The highest BCUT2D eigenvalue weighted by atomic mass is 16.5. The molecule has 0 aliphatic carbocycles. The summed E-state index contributed by atoms with van der Waals surface area (Å²) in [7, 11) is 0. The van der Waals surface area contributed by atoms with Gasteiger partial charge in [-0.1, -0.05) is 0 Å². The average Bonchev–Trinajstić information content (AvgIpc) is 1.58. The van der Waals surface area contributed by atoms with Crippen molar-refractivity contribution >= 4 is 5.97 Å². The summed E-state index contributed by atoms with van der Waals surface area (Å²) in [6.07, 6.45) is -3.61. The van der Waals surface area contributed by atoms with Crippen LogP contribution in [0.5, 0.6) is 0 Å². The molecule has 0 saturated carbocycles. The Morgan fingerprint density at radius 3 is 2.10 bits per heavy atom. The minimum absolute atomic E-state index is 0.327. The van der Waals surface area contributed by atoms with Crippen molar-refractivity contribution in [3.63, 3.8) is 0 Å². The molecule has 1 unspecified atom stereocenters. The highest BCUT2D eigenvalue weighted by Gasteiger charge is 2.12. The van der Waals surface area contributed by atoms with Crippen LogP contribution in [0, 0.1) is 0 Å². The Labute approximate surface area is 57.5 Å². The number of carboxylic acids is 1. The molecule has 0 saturated heterocycles. The van der Waals surface area contributed by atoms with E-state index >= 15 is 0 Å². The van der Waals surface area contributed by atoms with Crippen molar-refractivity contribution in [2.24, 2.45) is 0 Å². The number of aliphatic hydroxyl groups excluding tert-OH is 2. The van der Waals surface area contributed by atoms with Gasteiger partial charge in [0.25, 0.3) is 0 Å². The lowest BCUT2D eigenvalue weighted by Gasteiger charge is -2.07. The molecule has 0 aromatic rings. The highest BCUT2D eigenvalue weighted by molar-refractivity contribution is 5.67. The molecule has 0 heterocycles. The van der Waals surface area contributed by atoms with Crippen LogP contribution in [0.15, 0.2) is 0 Å². The maximum absolute atomic E-state index is 9.87. The second kappa shape index (κ2) is 4.21. The third-order valence-corrected chi connectivity index (χ3v) is 0.893. The van der Waals surface area contributed by atoms with Crippen LogP contribution >= 0.6 is 0 Å². The van der Waals surface area contributed by atoms with E-state index in [4.69, 9.17) is 20.4 Å². The van der Waals surface area contributed by atoms with Gasteiger partial charge in [-0.15, -0.1) is 0 Å². The highest BCUT2D eigenvalue weighted by Crippen LogP contribution is 1.99. The minimum atomic E-state index is -1.64. The van der Waals surface area contributed by atoms with Gasteiger partial charge in [0.2, 0.25) is 0 Å². The molecule has 0 aromatic carbocycles. The van der Waals surface area contributed by atoms with E-state index in [1.54, 1.807) is 0 Å². The Balaban J connectivity index is 3.43. The number of rotatable bonds is 4. The van der Waals surface area contributed by atoms with Crippen LogP contribution in [0.3, 0.4) is 0 Å². The molecule has 0 fully saturated rings. The number of aliphatic carboxylic acids is 1. The molecule has 0 rings (SSSR count). The van der Waals surface area contributed by atoms with E-state index in [1.807, 2.05) is 0 Å². The molecule has 1 atom stereocenters. The summed E-state index contributed by atoms with van der Waals surface area (Å²) in [4.78, 5) is 9.87. The molecule has 60 valence electrons. The Morgan fingerprint density at radius 1 is 1.30 bits per heavy atom. The van der Waals surface area contributed by atoms with E-state index in [0.717, 1.165) is 0 Å². The maximum atomic E-state index is 9.87. The van der Waals surface area contributed by atoms with Gasteiger partial charge < -0.3 is 20.4 Å². The van der Waals surface area contributed by atoms with Crippen LogP contribution in [0.2, 0.25) is 0 Å². The monoisotopic (exact) mass is 150 g/mol. The lowest BCUT2D eigenvalue weighted by Crippen LogP contribution is -2.19. The van der Waals surface area contributed by atoms with Crippen LogP contribution in [-0.4, -0.2) is 38.8 Å². The van der Waals surface area contributed by atoms with Crippen LogP contribution in [0.25, 0.3) is 0 Å². The fourth-order valence-electron chi connectivity index (χ4n) is 0.528. The summed E-state index contributed by atoms with van der Waals surface area (Å²) in [5, 5.41) is 33.2. The first-order valence-corrected chi connectivity index (χ1v) is 2.78. The second-order valence-corrected chi connectivity index (χ2v) is 1.97. The average molecular weight is 150 g/mol. The minimum Gasteiger partial charge on any atom is -0.481 e. The summed E-state index contributed by atoms with van der Waals surface area (Å²) in [5.74, 6) is -1.16. The first-order valence-electron chi connectivity index (χ1n) is 2.78. The van der Waals surface area contributed by atoms with Gasteiger partial charge in [0.1, 0.15) is 0 Å². The van der Waals surface area contributed by atoms with E-state index in [9.17, 15) is 4.79 Å². The molecule has 0 amide bonds. The van der Waals surface area contributed by atoms with Crippen molar-refractivity contribution in [3.05, 3.63) is 0 Å². The number of hydrogen-bond donors (Lipinski definition) is 4. The zero-order valence-corrected chi connectivity index (χ0v) is 5.27. The smallest absolute Gasteiger partial charge is 0.305 e. The predicted molar refractivity (Wildman–Crippen MR) is 31.1 cm³/mol. The van der Waals surface area contributed by atoms with E-state index in [-0.39, 0.29) is 6.42 Å². The van der Waals surface area contributed by atoms with Crippen LogP contribution in [0.4, 0.5) is 0 Å². The predicted octanol–water partition coefficient (Wildman–Crippen LogP) is -1.48. The van der Waals surface area contributed by atoms with E-state index < -0.39 is 24.8 Å². The fourth-order valence-corrected chi connectivity index (χ4v) is 0.528. The largest absolute Gasteiger partial charge is 0.481 e. The van der Waals surface area contributed by atoms with Crippen LogP contribution in [0.1, 0.15) is 12.8 Å². The Hall–Kier alpha value is -0.650. The van der Waals surface area contributed by atoms with Crippen molar-refractivity contribution < 1.29 is 25.2 Å². The molecule has 5 heteroatoms. The Morgan fingerprint density at radius 2 is 1.80 bits per heavy atom. The zero-order valence-electron chi connectivity index (χ0n) is 5.27. The van der Waals surface area contributed by atoms with Crippen LogP contribution in [-0.2, 0) is 4.79 Å². The summed E-state index contributed by atoms with van der Waals surface area (Å²) in [6, 6.07) is 0. The van der Waals surface area contributed by atoms with Gasteiger partial charge in [0, 0.05) is 6.42 Å². The molecule has 4 N–H and O–H groups in total. The first-order chi connectivity index (χ1) is 4.52. The van der Waals surface area contributed by atoms with Crippen molar-refractivity contribution in [2.75, 3.05) is 0 Å². The van der Waals surface area contributed by atoms with Gasteiger partial charge >= 0.3 is 5.97 Å². The molecular weight excluding hydrogens is 140 g/mol. The summed E-state index contributed by atoms with van der Waals surface area (Å²) < 4.78 is 0. The molecular formula is C5H10O5. The summed E-state index contributed by atoms with van der Waals surface area (Å²) in [5.41, 5.74) is 0. The fraction of sp³-hybridized carbons (Fsp3) is 0.800. The van der Waals surface area contributed by atoms with Crippen molar-refractivity contribution in [1.29, 1.82) is 0 Å².